The molecule has 1 aliphatic carbocycles. The normalized spacial score (nSPS) is 11.5. The SMILES string of the molecule is Nc1cccc(-c2ccccc2-c2c(-c3ccccc3)cc(-c3ccccc3)c3c2-c2cccc4cccc-3c24)c1. The lowest BCUT2D eigenvalue weighted by atomic mass is 9.80. The van der Waals surface area contributed by atoms with Crippen molar-refractivity contribution in [2.75, 3.05) is 5.73 Å². The summed E-state index contributed by atoms with van der Waals surface area (Å²) in [4.78, 5) is 0. The van der Waals surface area contributed by atoms with Crippen LogP contribution in [-0.4, -0.2) is 0 Å². The van der Waals surface area contributed by atoms with E-state index in [1.54, 1.807) is 0 Å². The third-order valence-electron chi connectivity index (χ3n) is 8.33. The summed E-state index contributed by atoms with van der Waals surface area (Å²) in [6, 6.07) is 54.5. The van der Waals surface area contributed by atoms with E-state index in [-0.39, 0.29) is 0 Å². The molecule has 0 saturated heterocycles. The molecule has 192 valence electrons. The summed E-state index contributed by atoms with van der Waals surface area (Å²) in [6.45, 7) is 0. The van der Waals surface area contributed by atoms with Crippen LogP contribution in [0, 0.1) is 0 Å². The first-order valence-corrected chi connectivity index (χ1v) is 14.1. The van der Waals surface area contributed by atoms with Gasteiger partial charge < -0.3 is 5.73 Å². The van der Waals surface area contributed by atoms with Crippen LogP contribution < -0.4 is 5.73 Å². The molecule has 0 bridgehead atoms. The van der Waals surface area contributed by atoms with Crippen molar-refractivity contribution in [3.8, 4) is 66.8 Å². The average Bonchev–Trinajstić information content (AvgIpc) is 3.37. The quantitative estimate of drug-likeness (QED) is 0.229. The van der Waals surface area contributed by atoms with Crippen LogP contribution in [0.2, 0.25) is 0 Å². The van der Waals surface area contributed by atoms with E-state index in [0.717, 1.165) is 11.3 Å². The maximum absolute atomic E-state index is 6.29. The highest BCUT2D eigenvalue weighted by Gasteiger charge is 2.30. The van der Waals surface area contributed by atoms with Crippen molar-refractivity contribution in [3.05, 3.63) is 152 Å². The molecule has 0 saturated carbocycles. The molecule has 1 nitrogen and oxygen atoms in total. The zero-order valence-electron chi connectivity index (χ0n) is 22.5. The number of nitrogen functional groups attached to an aromatic ring is 1. The van der Waals surface area contributed by atoms with Crippen LogP contribution in [0.5, 0.6) is 0 Å². The molecule has 0 spiro atoms. The van der Waals surface area contributed by atoms with Gasteiger partial charge in [-0.25, -0.2) is 0 Å². The van der Waals surface area contributed by atoms with Crippen molar-refractivity contribution in [3.63, 3.8) is 0 Å². The minimum absolute atomic E-state index is 0.766. The number of hydrogen-bond acceptors (Lipinski definition) is 1. The van der Waals surface area contributed by atoms with Gasteiger partial charge in [0.1, 0.15) is 0 Å². The Hall–Kier alpha value is -5.40. The molecule has 0 aromatic heterocycles. The van der Waals surface area contributed by atoms with Crippen molar-refractivity contribution >= 4 is 16.5 Å². The van der Waals surface area contributed by atoms with Gasteiger partial charge in [-0.3, -0.25) is 0 Å². The van der Waals surface area contributed by atoms with E-state index < -0.39 is 0 Å². The monoisotopic (exact) mass is 521 g/mol. The fourth-order valence-electron chi connectivity index (χ4n) is 6.62. The van der Waals surface area contributed by atoms with E-state index in [4.69, 9.17) is 5.73 Å². The van der Waals surface area contributed by atoms with Crippen LogP contribution in [0.1, 0.15) is 0 Å². The number of benzene rings is 7. The maximum atomic E-state index is 6.29. The average molecular weight is 522 g/mol. The molecule has 1 aliphatic rings. The molecule has 0 heterocycles. The first-order chi connectivity index (χ1) is 20.3. The minimum Gasteiger partial charge on any atom is -0.399 e. The summed E-state index contributed by atoms with van der Waals surface area (Å²) >= 11 is 0. The van der Waals surface area contributed by atoms with Crippen LogP contribution in [-0.2, 0) is 0 Å². The molecule has 0 unspecified atom stereocenters. The summed E-state index contributed by atoms with van der Waals surface area (Å²) in [5.41, 5.74) is 21.9. The molecule has 0 fully saturated rings. The standard InChI is InChI=1S/C40H27N/c41-30-19-9-18-29(24-30)31-20-7-8-21-32(31)38-35(26-12-3-1-4-13-26)25-36(27-14-5-2-6-15-27)39-33-22-10-16-28-17-11-23-34(37(28)33)40(38)39/h1-25H,41H2. The van der Waals surface area contributed by atoms with Gasteiger partial charge in [0, 0.05) is 5.69 Å². The molecular weight excluding hydrogens is 494 g/mol. The number of anilines is 1. The Morgan fingerprint density at radius 3 is 1.44 bits per heavy atom. The lowest BCUT2D eigenvalue weighted by molar-refractivity contribution is 1.55. The molecule has 0 atom stereocenters. The summed E-state index contributed by atoms with van der Waals surface area (Å²) in [7, 11) is 0. The van der Waals surface area contributed by atoms with Gasteiger partial charge in [-0.05, 0) is 95.7 Å². The Morgan fingerprint density at radius 1 is 0.317 bits per heavy atom. The molecule has 0 aliphatic heterocycles. The molecule has 41 heavy (non-hydrogen) atoms. The van der Waals surface area contributed by atoms with Gasteiger partial charge >= 0.3 is 0 Å². The predicted octanol–water partition coefficient (Wildman–Crippen LogP) is 10.7. The Balaban J connectivity index is 1.57. The Morgan fingerprint density at radius 2 is 0.805 bits per heavy atom. The second-order valence-corrected chi connectivity index (χ2v) is 10.7. The van der Waals surface area contributed by atoms with Crippen molar-refractivity contribution in [1.29, 1.82) is 0 Å². The molecular formula is C40H27N. The highest BCUT2D eigenvalue weighted by molar-refractivity contribution is 6.23. The number of fused-ring (bicyclic) bond motifs is 3. The third-order valence-corrected chi connectivity index (χ3v) is 8.33. The zero-order chi connectivity index (χ0) is 27.3. The topological polar surface area (TPSA) is 26.0 Å². The van der Waals surface area contributed by atoms with Crippen LogP contribution >= 0.6 is 0 Å². The fraction of sp³-hybridized carbons (Fsp3) is 0. The smallest absolute Gasteiger partial charge is 0.0320 e. The van der Waals surface area contributed by atoms with E-state index in [1.807, 2.05) is 12.1 Å². The van der Waals surface area contributed by atoms with Gasteiger partial charge in [0.25, 0.3) is 0 Å². The van der Waals surface area contributed by atoms with Crippen molar-refractivity contribution in [2.24, 2.45) is 0 Å². The maximum Gasteiger partial charge on any atom is 0.0320 e. The van der Waals surface area contributed by atoms with E-state index in [0.29, 0.717) is 0 Å². The Bertz CT molecular complexity index is 2080. The molecule has 7 aromatic rings. The number of hydrogen-bond donors (Lipinski definition) is 1. The van der Waals surface area contributed by atoms with Crippen LogP contribution in [0.4, 0.5) is 5.69 Å². The molecule has 0 radical (unpaired) electrons. The van der Waals surface area contributed by atoms with E-state index in [9.17, 15) is 0 Å². The second kappa shape index (κ2) is 9.36. The predicted molar refractivity (Wildman–Crippen MR) is 175 cm³/mol. The van der Waals surface area contributed by atoms with Crippen molar-refractivity contribution < 1.29 is 0 Å². The molecule has 8 rings (SSSR count). The van der Waals surface area contributed by atoms with Crippen molar-refractivity contribution in [1.82, 2.24) is 0 Å². The summed E-state index contributed by atoms with van der Waals surface area (Å²) < 4.78 is 0. The second-order valence-electron chi connectivity index (χ2n) is 10.7. The molecule has 0 amide bonds. The van der Waals surface area contributed by atoms with Crippen LogP contribution in [0.15, 0.2) is 152 Å². The van der Waals surface area contributed by atoms with Gasteiger partial charge in [0.2, 0.25) is 0 Å². The first-order valence-electron chi connectivity index (χ1n) is 14.1. The van der Waals surface area contributed by atoms with Gasteiger partial charge in [-0.2, -0.15) is 0 Å². The van der Waals surface area contributed by atoms with Crippen LogP contribution in [0.3, 0.4) is 0 Å². The molecule has 7 aromatic carbocycles. The summed E-state index contributed by atoms with van der Waals surface area (Å²) in [5.74, 6) is 0. The zero-order valence-corrected chi connectivity index (χ0v) is 22.5. The third kappa shape index (κ3) is 3.71. The first kappa shape index (κ1) is 23.5. The van der Waals surface area contributed by atoms with Crippen LogP contribution in [0.25, 0.3) is 77.5 Å². The van der Waals surface area contributed by atoms with Crippen molar-refractivity contribution in [2.45, 2.75) is 0 Å². The number of rotatable bonds is 4. The highest BCUT2D eigenvalue weighted by atomic mass is 14.5. The minimum atomic E-state index is 0.766. The lowest BCUT2D eigenvalue weighted by Crippen LogP contribution is -1.96. The van der Waals surface area contributed by atoms with E-state index in [2.05, 4.69) is 140 Å². The van der Waals surface area contributed by atoms with Gasteiger partial charge in [-0.15, -0.1) is 0 Å². The van der Waals surface area contributed by atoms with Gasteiger partial charge in [-0.1, -0.05) is 133 Å². The summed E-state index contributed by atoms with van der Waals surface area (Å²) in [5, 5.41) is 2.60. The van der Waals surface area contributed by atoms with E-state index >= 15 is 0 Å². The Kier molecular flexibility index (Phi) is 5.36. The highest BCUT2D eigenvalue weighted by Crippen LogP contribution is 2.57. The fourth-order valence-corrected chi connectivity index (χ4v) is 6.62. The largest absolute Gasteiger partial charge is 0.399 e. The number of nitrogens with two attached hydrogens (primary N) is 1. The Labute approximate surface area is 240 Å². The summed E-state index contributed by atoms with van der Waals surface area (Å²) in [6.07, 6.45) is 0. The van der Waals surface area contributed by atoms with E-state index in [1.165, 1.54) is 72.0 Å². The van der Waals surface area contributed by atoms with Gasteiger partial charge in [0.05, 0.1) is 0 Å². The molecule has 2 N–H and O–H groups in total. The molecule has 1 heteroatoms. The lowest BCUT2D eigenvalue weighted by Gasteiger charge is -2.22. The van der Waals surface area contributed by atoms with Gasteiger partial charge in [0.15, 0.2) is 0 Å².